The molecule has 2 atom stereocenters. The number of amides is 2. The molecule has 0 aliphatic rings. The van der Waals surface area contributed by atoms with Crippen molar-refractivity contribution in [2.75, 3.05) is 0 Å². The van der Waals surface area contributed by atoms with E-state index in [1.165, 1.54) is 13.8 Å². The highest BCUT2D eigenvalue weighted by Crippen LogP contribution is 2.05. The number of carboxylic acid groups (broad SMARTS) is 2. The van der Waals surface area contributed by atoms with Gasteiger partial charge in [-0.15, -0.1) is 0 Å². The molecule has 2 amide bonds. The highest BCUT2D eigenvalue weighted by atomic mass is 16.4. The van der Waals surface area contributed by atoms with Gasteiger partial charge in [-0.2, -0.15) is 0 Å². The quantitative estimate of drug-likeness (QED) is 0.464. The molecule has 0 saturated carbocycles. The maximum absolute atomic E-state index is 10.8. The van der Waals surface area contributed by atoms with Gasteiger partial charge in [-0.05, 0) is 19.3 Å². The Hall–Kier alpha value is -2.12. The second-order valence-corrected chi connectivity index (χ2v) is 4.11. The highest BCUT2D eigenvalue weighted by molar-refractivity contribution is 5.82. The van der Waals surface area contributed by atoms with Gasteiger partial charge in [0.1, 0.15) is 12.1 Å². The first-order valence-electron chi connectivity index (χ1n) is 5.73. The molecule has 19 heavy (non-hydrogen) atoms. The lowest BCUT2D eigenvalue weighted by molar-refractivity contribution is -0.142. The van der Waals surface area contributed by atoms with E-state index >= 15 is 0 Å². The fraction of sp³-hybridized carbons (Fsp3) is 0.636. The summed E-state index contributed by atoms with van der Waals surface area (Å²) in [5.41, 5.74) is 0. The van der Waals surface area contributed by atoms with Crippen LogP contribution in [0.15, 0.2) is 0 Å². The Labute approximate surface area is 110 Å². The van der Waals surface area contributed by atoms with Crippen LogP contribution in [0.1, 0.15) is 33.1 Å². The van der Waals surface area contributed by atoms with Gasteiger partial charge >= 0.3 is 11.9 Å². The molecule has 0 aliphatic heterocycles. The smallest absolute Gasteiger partial charge is 0.326 e. The zero-order chi connectivity index (χ0) is 15.0. The number of carbonyl (C=O) groups excluding carboxylic acids is 2. The summed E-state index contributed by atoms with van der Waals surface area (Å²) in [5, 5.41) is 22.2. The van der Waals surface area contributed by atoms with Crippen molar-refractivity contribution < 1.29 is 29.4 Å². The standard InChI is InChI=1S/C11H18N2O6/c1-6(14)12-8(10(16)17)4-3-5-9(11(18)19)13-7(2)15/h8-9H,3-5H2,1-2H3,(H,12,14)(H,13,15)(H,16,17)(H,18,19)/t8-,9?/m0/s1. The summed E-state index contributed by atoms with van der Waals surface area (Å²) in [5.74, 6) is -3.30. The molecule has 0 aromatic rings. The Bertz CT molecular complexity index is 334. The summed E-state index contributed by atoms with van der Waals surface area (Å²) in [6, 6.07) is -2.10. The number of aliphatic carboxylic acids is 2. The van der Waals surface area contributed by atoms with E-state index in [1.54, 1.807) is 0 Å². The van der Waals surface area contributed by atoms with Crippen molar-refractivity contribution in [2.24, 2.45) is 0 Å². The molecule has 0 rings (SSSR count). The van der Waals surface area contributed by atoms with Crippen LogP contribution in [0.25, 0.3) is 0 Å². The predicted molar refractivity (Wildman–Crippen MR) is 64.3 cm³/mol. The molecule has 0 aliphatic carbocycles. The normalized spacial score (nSPS) is 13.2. The zero-order valence-electron chi connectivity index (χ0n) is 10.8. The molecule has 8 heteroatoms. The molecule has 1 unspecified atom stereocenters. The lowest BCUT2D eigenvalue weighted by Gasteiger charge is -2.16. The van der Waals surface area contributed by atoms with Crippen molar-refractivity contribution in [3.63, 3.8) is 0 Å². The fourth-order valence-corrected chi connectivity index (χ4v) is 1.53. The average molecular weight is 274 g/mol. The Morgan fingerprint density at radius 1 is 0.842 bits per heavy atom. The summed E-state index contributed by atoms with van der Waals surface area (Å²) in [6.45, 7) is 2.40. The molecule has 0 aromatic carbocycles. The van der Waals surface area contributed by atoms with E-state index < -0.39 is 35.8 Å². The van der Waals surface area contributed by atoms with Gasteiger partial charge in [0, 0.05) is 13.8 Å². The zero-order valence-corrected chi connectivity index (χ0v) is 10.8. The van der Waals surface area contributed by atoms with Gasteiger partial charge in [0.25, 0.3) is 0 Å². The summed E-state index contributed by atoms with van der Waals surface area (Å²) in [4.78, 5) is 43.2. The molecule has 0 spiro atoms. The van der Waals surface area contributed by atoms with Crippen LogP contribution in [0.3, 0.4) is 0 Å². The van der Waals surface area contributed by atoms with E-state index in [1.807, 2.05) is 0 Å². The summed E-state index contributed by atoms with van der Waals surface area (Å²) in [7, 11) is 0. The molecule has 4 N–H and O–H groups in total. The van der Waals surface area contributed by atoms with Crippen LogP contribution in [-0.2, 0) is 19.2 Å². The van der Waals surface area contributed by atoms with Crippen molar-refractivity contribution in [1.82, 2.24) is 10.6 Å². The third-order valence-corrected chi connectivity index (χ3v) is 2.34. The Balaban J connectivity index is 4.28. The maximum atomic E-state index is 10.8. The Kier molecular flexibility index (Phi) is 7.16. The first kappa shape index (κ1) is 16.9. The molecule has 0 heterocycles. The second kappa shape index (κ2) is 8.06. The minimum atomic E-state index is -1.18. The van der Waals surface area contributed by atoms with Crippen molar-refractivity contribution in [2.45, 2.75) is 45.2 Å². The number of rotatable bonds is 8. The predicted octanol–water partition coefficient (Wildman–Crippen LogP) is -0.665. The van der Waals surface area contributed by atoms with Crippen LogP contribution < -0.4 is 10.6 Å². The summed E-state index contributed by atoms with van der Waals surface area (Å²) < 4.78 is 0. The van der Waals surface area contributed by atoms with E-state index in [9.17, 15) is 19.2 Å². The summed E-state index contributed by atoms with van der Waals surface area (Å²) in [6.07, 6.45) is 0.436. The van der Waals surface area contributed by atoms with E-state index in [2.05, 4.69) is 10.6 Å². The van der Waals surface area contributed by atoms with Gasteiger partial charge in [0.05, 0.1) is 0 Å². The fourth-order valence-electron chi connectivity index (χ4n) is 1.53. The van der Waals surface area contributed by atoms with Crippen molar-refractivity contribution in [3.8, 4) is 0 Å². The van der Waals surface area contributed by atoms with E-state index in [0.29, 0.717) is 0 Å². The number of carboxylic acids is 2. The number of hydrogen-bond donors (Lipinski definition) is 4. The molecule has 0 radical (unpaired) electrons. The van der Waals surface area contributed by atoms with Crippen LogP contribution in [-0.4, -0.2) is 46.0 Å². The lowest BCUT2D eigenvalue weighted by atomic mass is 10.1. The van der Waals surface area contributed by atoms with Gasteiger partial charge in [0.2, 0.25) is 11.8 Å². The monoisotopic (exact) mass is 274 g/mol. The molecule has 0 bridgehead atoms. The van der Waals surface area contributed by atoms with Crippen molar-refractivity contribution >= 4 is 23.8 Å². The highest BCUT2D eigenvalue weighted by Gasteiger charge is 2.21. The van der Waals surface area contributed by atoms with Gasteiger partial charge < -0.3 is 20.8 Å². The maximum Gasteiger partial charge on any atom is 0.326 e. The molecule has 8 nitrogen and oxygen atoms in total. The van der Waals surface area contributed by atoms with Gasteiger partial charge in [-0.1, -0.05) is 0 Å². The SMILES string of the molecule is CC(=O)NC(CCC[C@H](NC(C)=O)C(=O)O)C(=O)O. The molecular formula is C11H18N2O6. The van der Waals surface area contributed by atoms with Crippen LogP contribution in [0.5, 0.6) is 0 Å². The van der Waals surface area contributed by atoms with Crippen LogP contribution in [0, 0.1) is 0 Å². The number of nitrogens with one attached hydrogen (secondary N) is 2. The Morgan fingerprint density at radius 3 is 1.37 bits per heavy atom. The van der Waals surface area contributed by atoms with Crippen LogP contribution in [0.4, 0.5) is 0 Å². The minimum absolute atomic E-state index is 0.0955. The molecular weight excluding hydrogens is 256 g/mol. The molecule has 108 valence electrons. The summed E-state index contributed by atoms with van der Waals surface area (Å²) >= 11 is 0. The molecule has 0 fully saturated rings. The molecule has 0 saturated heterocycles. The van der Waals surface area contributed by atoms with Crippen LogP contribution >= 0.6 is 0 Å². The van der Waals surface area contributed by atoms with E-state index in [4.69, 9.17) is 10.2 Å². The second-order valence-electron chi connectivity index (χ2n) is 4.11. The first-order valence-corrected chi connectivity index (χ1v) is 5.73. The van der Waals surface area contributed by atoms with Crippen molar-refractivity contribution in [1.29, 1.82) is 0 Å². The topological polar surface area (TPSA) is 133 Å². The molecule has 0 aromatic heterocycles. The van der Waals surface area contributed by atoms with Gasteiger partial charge in [-0.3, -0.25) is 9.59 Å². The van der Waals surface area contributed by atoms with Gasteiger partial charge in [0.15, 0.2) is 0 Å². The van der Waals surface area contributed by atoms with Crippen LogP contribution in [0.2, 0.25) is 0 Å². The van der Waals surface area contributed by atoms with E-state index in [-0.39, 0.29) is 19.3 Å². The Morgan fingerprint density at radius 2 is 1.16 bits per heavy atom. The third-order valence-electron chi connectivity index (χ3n) is 2.34. The largest absolute Gasteiger partial charge is 0.480 e. The first-order chi connectivity index (χ1) is 8.73. The van der Waals surface area contributed by atoms with Crippen molar-refractivity contribution in [3.05, 3.63) is 0 Å². The van der Waals surface area contributed by atoms with Gasteiger partial charge in [-0.25, -0.2) is 9.59 Å². The minimum Gasteiger partial charge on any atom is -0.480 e. The van der Waals surface area contributed by atoms with E-state index in [0.717, 1.165) is 0 Å². The average Bonchev–Trinajstić information content (AvgIpc) is 2.24. The lowest BCUT2D eigenvalue weighted by Crippen LogP contribution is -2.41. The third kappa shape index (κ3) is 7.74. The number of carbonyl (C=O) groups is 4. The number of hydrogen-bond acceptors (Lipinski definition) is 4.